The number of rotatable bonds is 3. The number of benzene rings is 1. The molecule has 0 aromatic heterocycles. The number of likely N-dealkylation sites (tertiary alicyclic amines) is 1. The Hall–Kier alpha value is -1.71. The monoisotopic (exact) mass is 234 g/mol. The molecule has 0 bridgehead atoms. The van der Waals surface area contributed by atoms with Crippen LogP contribution >= 0.6 is 0 Å². The molecule has 0 saturated carbocycles. The van der Waals surface area contributed by atoms with Gasteiger partial charge in [0.15, 0.2) is 6.61 Å². The molecule has 0 radical (unpaired) electrons. The van der Waals surface area contributed by atoms with E-state index in [-0.39, 0.29) is 12.5 Å². The maximum atomic E-state index is 11.8. The molecular weight excluding hydrogens is 216 g/mol. The molecule has 1 heterocycles. The number of carbonyl (C=O) groups excluding carboxylic acids is 1. The van der Waals surface area contributed by atoms with Gasteiger partial charge in [-0.05, 0) is 36.6 Å². The van der Waals surface area contributed by atoms with Gasteiger partial charge in [-0.3, -0.25) is 4.79 Å². The quantitative estimate of drug-likeness (QED) is 0.807. The van der Waals surface area contributed by atoms with E-state index < -0.39 is 0 Å². The van der Waals surface area contributed by atoms with Gasteiger partial charge in [-0.15, -0.1) is 0 Å². The number of amides is 1. The van der Waals surface area contributed by atoms with Crippen molar-refractivity contribution in [3.63, 3.8) is 0 Å². The minimum Gasteiger partial charge on any atom is -0.484 e. The summed E-state index contributed by atoms with van der Waals surface area (Å²) in [5.41, 5.74) is 6.26. The molecule has 17 heavy (non-hydrogen) atoms. The largest absolute Gasteiger partial charge is 0.484 e. The SMILES string of the molecule is CC1CCN(C(=O)COc2ccc(N)cc2)C1. The van der Waals surface area contributed by atoms with Crippen LogP contribution in [-0.2, 0) is 4.79 Å². The van der Waals surface area contributed by atoms with Crippen molar-refractivity contribution in [1.29, 1.82) is 0 Å². The summed E-state index contributed by atoms with van der Waals surface area (Å²) < 4.78 is 5.42. The highest BCUT2D eigenvalue weighted by Gasteiger charge is 2.23. The third-order valence-electron chi connectivity index (χ3n) is 3.02. The van der Waals surface area contributed by atoms with Crippen molar-refractivity contribution in [3.8, 4) is 5.75 Å². The smallest absolute Gasteiger partial charge is 0.260 e. The minimum absolute atomic E-state index is 0.0613. The van der Waals surface area contributed by atoms with Crippen LogP contribution in [0.15, 0.2) is 24.3 Å². The zero-order valence-corrected chi connectivity index (χ0v) is 10.1. The van der Waals surface area contributed by atoms with Crippen LogP contribution in [0.3, 0.4) is 0 Å². The molecule has 2 N–H and O–H groups in total. The molecule has 1 aromatic carbocycles. The number of hydrogen-bond acceptors (Lipinski definition) is 3. The summed E-state index contributed by atoms with van der Waals surface area (Å²) in [5, 5.41) is 0. The van der Waals surface area contributed by atoms with Gasteiger partial charge in [0.2, 0.25) is 0 Å². The molecule has 1 fully saturated rings. The fourth-order valence-electron chi connectivity index (χ4n) is 1.96. The van der Waals surface area contributed by atoms with Gasteiger partial charge in [0.25, 0.3) is 5.91 Å². The van der Waals surface area contributed by atoms with Crippen LogP contribution in [0.25, 0.3) is 0 Å². The number of ether oxygens (including phenoxy) is 1. The standard InChI is InChI=1S/C13H18N2O2/c1-10-6-7-15(8-10)13(16)9-17-12-4-2-11(14)3-5-12/h2-5,10H,6-9,14H2,1H3. The van der Waals surface area contributed by atoms with Gasteiger partial charge in [0.05, 0.1) is 0 Å². The Morgan fingerprint density at radius 2 is 2.18 bits per heavy atom. The normalized spacial score (nSPS) is 19.4. The van der Waals surface area contributed by atoms with E-state index in [1.54, 1.807) is 24.3 Å². The fraction of sp³-hybridized carbons (Fsp3) is 0.462. The number of nitrogens with zero attached hydrogens (tertiary/aromatic N) is 1. The van der Waals surface area contributed by atoms with Crippen molar-refractivity contribution in [3.05, 3.63) is 24.3 Å². The summed E-state index contributed by atoms with van der Waals surface area (Å²) in [5.74, 6) is 1.35. The molecule has 1 saturated heterocycles. The van der Waals surface area contributed by atoms with E-state index in [4.69, 9.17) is 10.5 Å². The third-order valence-corrected chi connectivity index (χ3v) is 3.02. The second-order valence-electron chi connectivity index (χ2n) is 4.59. The average molecular weight is 234 g/mol. The Kier molecular flexibility index (Phi) is 3.52. The maximum absolute atomic E-state index is 11.8. The van der Waals surface area contributed by atoms with Crippen LogP contribution in [0, 0.1) is 5.92 Å². The highest BCUT2D eigenvalue weighted by molar-refractivity contribution is 5.78. The predicted octanol–water partition coefficient (Wildman–Crippen LogP) is 1.52. The molecule has 1 aliphatic heterocycles. The van der Waals surface area contributed by atoms with E-state index in [9.17, 15) is 4.79 Å². The number of carbonyl (C=O) groups is 1. The number of nitrogens with two attached hydrogens (primary N) is 1. The second-order valence-corrected chi connectivity index (χ2v) is 4.59. The topological polar surface area (TPSA) is 55.6 Å². The Balaban J connectivity index is 1.82. The lowest BCUT2D eigenvalue weighted by atomic mass is 10.2. The van der Waals surface area contributed by atoms with E-state index in [0.29, 0.717) is 17.4 Å². The summed E-state index contributed by atoms with van der Waals surface area (Å²) in [7, 11) is 0. The molecule has 4 nitrogen and oxygen atoms in total. The Morgan fingerprint density at radius 3 is 2.76 bits per heavy atom. The molecule has 1 amide bonds. The first-order chi connectivity index (χ1) is 8.15. The van der Waals surface area contributed by atoms with E-state index in [2.05, 4.69) is 6.92 Å². The summed E-state index contributed by atoms with van der Waals surface area (Å²) in [4.78, 5) is 13.7. The second kappa shape index (κ2) is 5.08. The van der Waals surface area contributed by atoms with Gasteiger partial charge in [-0.25, -0.2) is 0 Å². The van der Waals surface area contributed by atoms with Crippen LogP contribution in [0.5, 0.6) is 5.75 Å². The maximum Gasteiger partial charge on any atom is 0.260 e. The molecule has 1 aliphatic rings. The van der Waals surface area contributed by atoms with Crippen LogP contribution in [0.2, 0.25) is 0 Å². The molecule has 1 atom stereocenters. The van der Waals surface area contributed by atoms with Crippen molar-refractivity contribution < 1.29 is 9.53 Å². The van der Waals surface area contributed by atoms with E-state index >= 15 is 0 Å². The Morgan fingerprint density at radius 1 is 1.47 bits per heavy atom. The lowest BCUT2D eigenvalue weighted by molar-refractivity contribution is -0.132. The molecule has 0 spiro atoms. The fourth-order valence-corrected chi connectivity index (χ4v) is 1.96. The lowest BCUT2D eigenvalue weighted by Gasteiger charge is -2.16. The number of hydrogen-bond donors (Lipinski definition) is 1. The minimum atomic E-state index is 0.0613. The Bertz CT molecular complexity index is 389. The first-order valence-electron chi connectivity index (χ1n) is 5.91. The molecule has 92 valence electrons. The highest BCUT2D eigenvalue weighted by atomic mass is 16.5. The summed E-state index contributed by atoms with van der Waals surface area (Å²) in [6.07, 6.45) is 1.09. The molecule has 4 heteroatoms. The first-order valence-corrected chi connectivity index (χ1v) is 5.91. The average Bonchev–Trinajstić information content (AvgIpc) is 2.75. The number of anilines is 1. The zero-order chi connectivity index (χ0) is 12.3. The van der Waals surface area contributed by atoms with E-state index in [1.165, 1.54) is 0 Å². The zero-order valence-electron chi connectivity index (χ0n) is 10.1. The van der Waals surface area contributed by atoms with E-state index in [0.717, 1.165) is 19.5 Å². The summed E-state index contributed by atoms with van der Waals surface area (Å²) >= 11 is 0. The lowest BCUT2D eigenvalue weighted by Crippen LogP contribution is -2.32. The molecular formula is C13H18N2O2. The van der Waals surface area contributed by atoms with Crippen LogP contribution in [0.1, 0.15) is 13.3 Å². The summed E-state index contributed by atoms with van der Waals surface area (Å²) in [6, 6.07) is 7.07. The van der Waals surface area contributed by atoms with Crippen molar-refractivity contribution in [2.45, 2.75) is 13.3 Å². The highest BCUT2D eigenvalue weighted by Crippen LogP contribution is 2.16. The van der Waals surface area contributed by atoms with Gasteiger partial charge < -0.3 is 15.4 Å². The van der Waals surface area contributed by atoms with E-state index in [1.807, 2.05) is 4.90 Å². The van der Waals surface area contributed by atoms with Gasteiger partial charge in [-0.2, -0.15) is 0 Å². The summed E-state index contributed by atoms with van der Waals surface area (Å²) in [6.45, 7) is 3.97. The van der Waals surface area contributed by atoms with Crippen molar-refractivity contribution >= 4 is 11.6 Å². The molecule has 0 aliphatic carbocycles. The van der Waals surface area contributed by atoms with Crippen molar-refractivity contribution in [2.75, 3.05) is 25.4 Å². The van der Waals surface area contributed by atoms with Crippen molar-refractivity contribution in [1.82, 2.24) is 4.90 Å². The predicted molar refractivity (Wildman–Crippen MR) is 66.7 cm³/mol. The van der Waals surface area contributed by atoms with Gasteiger partial charge >= 0.3 is 0 Å². The van der Waals surface area contributed by atoms with Gasteiger partial charge in [0.1, 0.15) is 5.75 Å². The van der Waals surface area contributed by atoms with Gasteiger partial charge in [-0.1, -0.05) is 6.92 Å². The number of nitrogen functional groups attached to an aromatic ring is 1. The van der Waals surface area contributed by atoms with Gasteiger partial charge in [0, 0.05) is 18.8 Å². The first kappa shape index (κ1) is 11.8. The van der Waals surface area contributed by atoms with Crippen LogP contribution in [0.4, 0.5) is 5.69 Å². The molecule has 1 unspecified atom stereocenters. The molecule has 1 aromatic rings. The molecule has 2 rings (SSSR count). The third kappa shape index (κ3) is 3.12. The van der Waals surface area contributed by atoms with Crippen LogP contribution in [-0.4, -0.2) is 30.5 Å². The van der Waals surface area contributed by atoms with Crippen molar-refractivity contribution in [2.24, 2.45) is 5.92 Å². The van der Waals surface area contributed by atoms with Crippen LogP contribution < -0.4 is 10.5 Å². The Labute approximate surface area is 101 Å².